The van der Waals surface area contributed by atoms with E-state index in [-0.39, 0.29) is 4.90 Å². The van der Waals surface area contributed by atoms with Crippen LogP contribution < -0.4 is 4.72 Å². The van der Waals surface area contributed by atoms with Gasteiger partial charge in [-0.3, -0.25) is 9.82 Å². The molecule has 2 aromatic rings. The molecule has 0 atom stereocenters. The summed E-state index contributed by atoms with van der Waals surface area (Å²) >= 11 is 3.35. The number of nitrogens with zero attached hydrogens (tertiary/aromatic N) is 1. The molecule has 19 heavy (non-hydrogen) atoms. The highest BCUT2D eigenvalue weighted by Gasteiger charge is 2.18. The van der Waals surface area contributed by atoms with Gasteiger partial charge in [0.15, 0.2) is 5.82 Å². The minimum Gasteiger partial charge on any atom is -0.280 e. The Bertz CT molecular complexity index is 723. The minimum atomic E-state index is -3.62. The highest BCUT2D eigenvalue weighted by molar-refractivity contribution is 9.10. The summed E-state index contributed by atoms with van der Waals surface area (Å²) in [5.74, 6) is 0.332. The first-order chi connectivity index (χ1) is 8.81. The average Bonchev–Trinajstić information content (AvgIpc) is 2.64. The Labute approximate surface area is 120 Å². The van der Waals surface area contributed by atoms with Crippen molar-refractivity contribution in [3.63, 3.8) is 0 Å². The van der Waals surface area contributed by atoms with Gasteiger partial charge in [0, 0.05) is 15.7 Å². The molecule has 1 aromatic carbocycles. The van der Waals surface area contributed by atoms with Gasteiger partial charge in [-0.05, 0) is 44.5 Å². The Morgan fingerprint density at radius 2 is 1.95 bits per heavy atom. The van der Waals surface area contributed by atoms with Crippen LogP contribution in [0.5, 0.6) is 0 Å². The van der Waals surface area contributed by atoms with Crippen LogP contribution in [0, 0.1) is 20.8 Å². The molecule has 7 heteroatoms. The Morgan fingerprint density at radius 1 is 1.26 bits per heavy atom. The van der Waals surface area contributed by atoms with E-state index in [0.717, 1.165) is 21.3 Å². The highest BCUT2D eigenvalue weighted by atomic mass is 79.9. The number of rotatable bonds is 3. The summed E-state index contributed by atoms with van der Waals surface area (Å²) in [7, 11) is -3.62. The first-order valence-electron chi connectivity index (χ1n) is 5.62. The number of aromatic nitrogens is 2. The van der Waals surface area contributed by atoms with E-state index >= 15 is 0 Å². The zero-order valence-corrected chi connectivity index (χ0v) is 13.2. The molecule has 102 valence electrons. The molecule has 0 saturated heterocycles. The third-order valence-corrected chi connectivity index (χ3v) is 5.15. The van der Waals surface area contributed by atoms with E-state index < -0.39 is 10.0 Å². The molecule has 0 unspecified atom stereocenters. The van der Waals surface area contributed by atoms with Crippen molar-refractivity contribution in [3.05, 3.63) is 39.5 Å². The van der Waals surface area contributed by atoms with Crippen LogP contribution in [0.4, 0.5) is 5.82 Å². The molecule has 0 radical (unpaired) electrons. The predicted octanol–water partition coefficient (Wildman–Crippen LogP) is 2.90. The Hall–Kier alpha value is -1.34. The number of benzene rings is 1. The van der Waals surface area contributed by atoms with E-state index in [2.05, 4.69) is 30.8 Å². The van der Waals surface area contributed by atoms with Crippen LogP contribution in [0.15, 0.2) is 27.6 Å². The van der Waals surface area contributed by atoms with Crippen LogP contribution in [-0.4, -0.2) is 18.6 Å². The second kappa shape index (κ2) is 4.97. The average molecular weight is 344 g/mol. The lowest BCUT2D eigenvalue weighted by atomic mass is 10.2. The van der Waals surface area contributed by atoms with Crippen LogP contribution in [0.2, 0.25) is 0 Å². The van der Waals surface area contributed by atoms with Gasteiger partial charge in [0.1, 0.15) is 0 Å². The fourth-order valence-electron chi connectivity index (χ4n) is 1.55. The number of hydrogen-bond acceptors (Lipinski definition) is 3. The summed E-state index contributed by atoms with van der Waals surface area (Å²) in [6.45, 7) is 5.49. The summed E-state index contributed by atoms with van der Waals surface area (Å²) in [6, 6.07) is 4.88. The molecule has 1 heterocycles. The Balaban J connectivity index is 2.37. The number of H-pyrrole nitrogens is 1. The van der Waals surface area contributed by atoms with Gasteiger partial charge in [0.25, 0.3) is 10.0 Å². The number of hydrogen-bond donors (Lipinski definition) is 2. The lowest BCUT2D eigenvalue weighted by Crippen LogP contribution is -2.14. The van der Waals surface area contributed by atoms with Crippen molar-refractivity contribution in [2.45, 2.75) is 25.7 Å². The summed E-state index contributed by atoms with van der Waals surface area (Å²) in [5, 5.41) is 6.69. The number of halogens is 1. The van der Waals surface area contributed by atoms with E-state index in [1.807, 2.05) is 20.8 Å². The molecule has 0 aliphatic carbocycles. The first kappa shape index (κ1) is 14.1. The molecule has 0 bridgehead atoms. The van der Waals surface area contributed by atoms with Crippen molar-refractivity contribution >= 4 is 31.8 Å². The van der Waals surface area contributed by atoms with Crippen molar-refractivity contribution in [2.24, 2.45) is 0 Å². The zero-order valence-electron chi connectivity index (χ0n) is 10.8. The molecule has 0 aliphatic rings. The van der Waals surface area contributed by atoms with Crippen molar-refractivity contribution in [1.82, 2.24) is 10.2 Å². The lowest BCUT2D eigenvalue weighted by Gasteiger charge is -2.08. The van der Waals surface area contributed by atoms with Crippen LogP contribution in [-0.2, 0) is 10.0 Å². The SMILES string of the molecule is Cc1cc(S(=O)(=O)Nc2n[nH]c(C)c2C)ccc1Br. The fraction of sp³-hybridized carbons (Fsp3) is 0.250. The topological polar surface area (TPSA) is 74.8 Å². The molecule has 0 fully saturated rings. The fourth-order valence-corrected chi connectivity index (χ4v) is 2.95. The third-order valence-electron chi connectivity index (χ3n) is 2.92. The third kappa shape index (κ3) is 2.82. The van der Waals surface area contributed by atoms with Gasteiger partial charge < -0.3 is 0 Å². The van der Waals surface area contributed by atoms with Crippen molar-refractivity contribution < 1.29 is 8.42 Å². The van der Waals surface area contributed by atoms with Gasteiger partial charge in [0.05, 0.1) is 4.90 Å². The van der Waals surface area contributed by atoms with Crippen molar-refractivity contribution in [2.75, 3.05) is 4.72 Å². The van der Waals surface area contributed by atoms with E-state index in [4.69, 9.17) is 0 Å². The zero-order chi connectivity index (χ0) is 14.2. The quantitative estimate of drug-likeness (QED) is 0.899. The number of anilines is 1. The Morgan fingerprint density at radius 3 is 2.47 bits per heavy atom. The molecule has 1 aromatic heterocycles. The van der Waals surface area contributed by atoms with Crippen LogP contribution >= 0.6 is 15.9 Å². The van der Waals surface area contributed by atoms with Gasteiger partial charge >= 0.3 is 0 Å². The smallest absolute Gasteiger partial charge is 0.263 e. The molecule has 5 nitrogen and oxygen atoms in total. The van der Waals surface area contributed by atoms with Crippen LogP contribution in [0.3, 0.4) is 0 Å². The lowest BCUT2D eigenvalue weighted by molar-refractivity contribution is 0.601. The number of aromatic amines is 1. The maximum absolute atomic E-state index is 12.2. The van der Waals surface area contributed by atoms with Crippen molar-refractivity contribution in [3.8, 4) is 0 Å². The minimum absolute atomic E-state index is 0.216. The summed E-state index contributed by atoms with van der Waals surface area (Å²) in [6.07, 6.45) is 0. The molecule has 2 N–H and O–H groups in total. The second-order valence-corrected chi connectivity index (χ2v) is 6.88. The molecule has 0 spiro atoms. The second-order valence-electron chi connectivity index (χ2n) is 4.34. The first-order valence-corrected chi connectivity index (χ1v) is 7.89. The van der Waals surface area contributed by atoms with Gasteiger partial charge in [-0.15, -0.1) is 0 Å². The summed E-state index contributed by atoms with van der Waals surface area (Å²) < 4.78 is 27.9. The van der Waals surface area contributed by atoms with Crippen LogP contribution in [0.25, 0.3) is 0 Å². The molecule has 0 amide bonds. The van der Waals surface area contributed by atoms with Crippen molar-refractivity contribution in [1.29, 1.82) is 0 Å². The number of sulfonamides is 1. The Kier molecular flexibility index (Phi) is 3.69. The predicted molar refractivity (Wildman–Crippen MR) is 77.7 cm³/mol. The summed E-state index contributed by atoms with van der Waals surface area (Å²) in [5.41, 5.74) is 2.49. The van der Waals surface area contributed by atoms with E-state index in [1.54, 1.807) is 18.2 Å². The van der Waals surface area contributed by atoms with Gasteiger partial charge in [-0.25, -0.2) is 8.42 Å². The maximum Gasteiger partial charge on any atom is 0.263 e. The molecule has 2 rings (SSSR count). The van der Waals surface area contributed by atoms with Gasteiger partial charge in [-0.1, -0.05) is 15.9 Å². The standard InChI is InChI=1S/C12H14BrN3O2S/c1-7-6-10(4-5-11(7)13)19(17,18)16-12-8(2)9(3)14-15-12/h4-6H,1-3H3,(H2,14,15,16). The van der Waals surface area contributed by atoms with E-state index in [9.17, 15) is 8.42 Å². The van der Waals surface area contributed by atoms with Gasteiger partial charge in [0.2, 0.25) is 0 Å². The molecular formula is C12H14BrN3O2S. The molecular weight excluding hydrogens is 330 g/mol. The van der Waals surface area contributed by atoms with E-state index in [1.165, 1.54) is 0 Å². The molecule has 0 aliphatic heterocycles. The van der Waals surface area contributed by atoms with Crippen LogP contribution in [0.1, 0.15) is 16.8 Å². The summed E-state index contributed by atoms with van der Waals surface area (Å²) in [4.78, 5) is 0.216. The maximum atomic E-state index is 12.2. The monoisotopic (exact) mass is 343 g/mol. The number of aryl methyl sites for hydroxylation is 2. The largest absolute Gasteiger partial charge is 0.280 e. The highest BCUT2D eigenvalue weighted by Crippen LogP contribution is 2.23. The number of nitrogens with one attached hydrogen (secondary N) is 2. The normalized spacial score (nSPS) is 11.6. The molecule has 0 saturated carbocycles. The van der Waals surface area contributed by atoms with Gasteiger partial charge in [-0.2, -0.15) is 5.10 Å². The van der Waals surface area contributed by atoms with E-state index in [0.29, 0.717) is 5.82 Å².